The van der Waals surface area contributed by atoms with Crippen LogP contribution >= 0.6 is 11.3 Å². The molecule has 0 unspecified atom stereocenters. The molecule has 0 aromatic carbocycles. The lowest BCUT2D eigenvalue weighted by molar-refractivity contribution is 0.241. The van der Waals surface area contributed by atoms with Crippen LogP contribution in [0.25, 0.3) is 5.70 Å². The minimum absolute atomic E-state index is 0.773. The van der Waals surface area contributed by atoms with E-state index in [1.807, 2.05) is 6.07 Å². The van der Waals surface area contributed by atoms with Crippen molar-refractivity contribution in [2.24, 2.45) is 0 Å². The van der Waals surface area contributed by atoms with Gasteiger partial charge in [-0.2, -0.15) is 0 Å². The van der Waals surface area contributed by atoms with Crippen LogP contribution < -0.4 is 5.32 Å². The van der Waals surface area contributed by atoms with E-state index in [2.05, 4.69) is 16.8 Å². The van der Waals surface area contributed by atoms with Gasteiger partial charge in [-0.15, -0.1) is 11.3 Å². The van der Waals surface area contributed by atoms with Gasteiger partial charge >= 0.3 is 0 Å². The van der Waals surface area contributed by atoms with Crippen LogP contribution in [0.1, 0.15) is 4.88 Å². The third-order valence-corrected chi connectivity index (χ3v) is 2.43. The molecular formula is C8H9NOS. The van der Waals surface area contributed by atoms with E-state index in [1.54, 1.807) is 17.6 Å². The van der Waals surface area contributed by atoms with E-state index in [0.717, 1.165) is 18.8 Å². The van der Waals surface area contributed by atoms with Crippen LogP contribution in [0.4, 0.5) is 0 Å². The average molecular weight is 167 g/mol. The Hall–Kier alpha value is -0.960. The number of rotatable bonds is 1. The molecule has 0 bridgehead atoms. The Balaban J connectivity index is 2.22. The number of ether oxygens (including phenoxy) is 1. The topological polar surface area (TPSA) is 21.3 Å². The molecule has 2 nitrogen and oxygen atoms in total. The summed E-state index contributed by atoms with van der Waals surface area (Å²) in [5.74, 6) is 0. The smallest absolute Gasteiger partial charge is 0.108 e. The Kier molecular flexibility index (Phi) is 1.81. The summed E-state index contributed by atoms with van der Waals surface area (Å²) in [6, 6.07) is 4.12. The van der Waals surface area contributed by atoms with E-state index in [0.29, 0.717) is 0 Å². The van der Waals surface area contributed by atoms with Gasteiger partial charge in [-0.1, -0.05) is 6.07 Å². The van der Waals surface area contributed by atoms with Gasteiger partial charge < -0.3 is 10.1 Å². The molecule has 1 aromatic rings. The van der Waals surface area contributed by atoms with Crippen molar-refractivity contribution in [1.82, 2.24) is 5.32 Å². The fourth-order valence-electron chi connectivity index (χ4n) is 1.01. The maximum atomic E-state index is 5.19. The van der Waals surface area contributed by atoms with E-state index in [4.69, 9.17) is 4.74 Å². The van der Waals surface area contributed by atoms with Crippen LogP contribution in [-0.2, 0) is 4.74 Å². The van der Waals surface area contributed by atoms with Crippen molar-refractivity contribution in [3.8, 4) is 0 Å². The summed E-state index contributed by atoms with van der Waals surface area (Å²) in [5.41, 5.74) is 1.10. The maximum Gasteiger partial charge on any atom is 0.108 e. The van der Waals surface area contributed by atoms with Gasteiger partial charge in [0.2, 0.25) is 0 Å². The molecule has 1 aromatic heterocycles. The van der Waals surface area contributed by atoms with Gasteiger partial charge in [0.15, 0.2) is 0 Å². The second-order valence-corrected chi connectivity index (χ2v) is 3.25. The van der Waals surface area contributed by atoms with Gasteiger partial charge in [0.05, 0.1) is 10.6 Å². The molecule has 58 valence electrons. The van der Waals surface area contributed by atoms with Crippen LogP contribution in [0, 0.1) is 0 Å². The van der Waals surface area contributed by atoms with Gasteiger partial charge in [-0.25, -0.2) is 0 Å². The normalized spacial score (nSPS) is 16.5. The number of thiophene rings is 1. The predicted molar refractivity (Wildman–Crippen MR) is 46.3 cm³/mol. The van der Waals surface area contributed by atoms with Crippen LogP contribution in [0.15, 0.2) is 23.8 Å². The van der Waals surface area contributed by atoms with Crippen molar-refractivity contribution >= 4 is 17.0 Å². The molecule has 11 heavy (non-hydrogen) atoms. The van der Waals surface area contributed by atoms with Crippen molar-refractivity contribution in [3.63, 3.8) is 0 Å². The van der Waals surface area contributed by atoms with Crippen molar-refractivity contribution in [2.45, 2.75) is 0 Å². The molecule has 0 saturated heterocycles. The Morgan fingerprint density at radius 1 is 1.55 bits per heavy atom. The lowest BCUT2D eigenvalue weighted by Crippen LogP contribution is -2.21. The summed E-state index contributed by atoms with van der Waals surface area (Å²) in [7, 11) is 0. The maximum absolute atomic E-state index is 5.19. The number of hydrogen-bond acceptors (Lipinski definition) is 3. The average Bonchev–Trinajstić information content (AvgIpc) is 2.58. The zero-order valence-corrected chi connectivity index (χ0v) is 6.86. The Bertz CT molecular complexity index is 253. The minimum Gasteiger partial charge on any atom is -0.497 e. The highest BCUT2D eigenvalue weighted by molar-refractivity contribution is 7.11. The van der Waals surface area contributed by atoms with Crippen molar-refractivity contribution < 1.29 is 4.74 Å². The monoisotopic (exact) mass is 167 g/mol. The molecule has 0 aliphatic carbocycles. The molecule has 2 rings (SSSR count). The van der Waals surface area contributed by atoms with E-state index < -0.39 is 0 Å². The third kappa shape index (κ3) is 1.38. The highest BCUT2D eigenvalue weighted by atomic mass is 32.1. The molecule has 0 radical (unpaired) electrons. The Labute approximate surface area is 69.5 Å². The number of hydrogen-bond donors (Lipinski definition) is 1. The lowest BCUT2D eigenvalue weighted by Gasteiger charge is -2.14. The van der Waals surface area contributed by atoms with Gasteiger partial charge in [0.25, 0.3) is 0 Å². The second-order valence-electron chi connectivity index (χ2n) is 2.31. The standard InChI is InChI=1S/C8H9NOS/c1-2-8(11-5-1)7-6-10-4-3-9-7/h1-2,5-6,9H,3-4H2. The van der Waals surface area contributed by atoms with Gasteiger partial charge in [-0.3, -0.25) is 0 Å². The lowest BCUT2D eigenvalue weighted by atomic mass is 10.3. The third-order valence-electron chi connectivity index (χ3n) is 1.52. The zero-order chi connectivity index (χ0) is 7.52. The summed E-state index contributed by atoms with van der Waals surface area (Å²) < 4.78 is 5.19. The second kappa shape index (κ2) is 2.96. The van der Waals surface area contributed by atoms with Crippen molar-refractivity contribution in [2.75, 3.05) is 13.2 Å². The van der Waals surface area contributed by atoms with Crippen molar-refractivity contribution in [3.05, 3.63) is 28.7 Å². The molecule has 0 amide bonds. The van der Waals surface area contributed by atoms with E-state index in [1.165, 1.54) is 4.88 Å². The predicted octanol–water partition coefficient (Wildman–Crippen LogP) is 1.67. The van der Waals surface area contributed by atoms with Crippen LogP contribution in [0.2, 0.25) is 0 Å². The van der Waals surface area contributed by atoms with E-state index in [-0.39, 0.29) is 0 Å². The van der Waals surface area contributed by atoms with Gasteiger partial charge in [0, 0.05) is 6.54 Å². The molecule has 3 heteroatoms. The van der Waals surface area contributed by atoms with E-state index in [9.17, 15) is 0 Å². The first-order valence-electron chi connectivity index (χ1n) is 3.56. The molecule has 2 heterocycles. The minimum atomic E-state index is 0.773. The summed E-state index contributed by atoms with van der Waals surface area (Å²) in [4.78, 5) is 1.24. The molecule has 1 aliphatic rings. The van der Waals surface area contributed by atoms with Gasteiger partial charge in [-0.05, 0) is 11.4 Å². The molecular weight excluding hydrogens is 158 g/mol. The Morgan fingerprint density at radius 2 is 2.55 bits per heavy atom. The van der Waals surface area contributed by atoms with Crippen LogP contribution in [0.3, 0.4) is 0 Å². The largest absolute Gasteiger partial charge is 0.497 e. The molecule has 0 atom stereocenters. The number of nitrogens with one attached hydrogen (secondary N) is 1. The first kappa shape index (κ1) is 6.73. The highest BCUT2D eigenvalue weighted by Gasteiger charge is 2.05. The molecule has 0 fully saturated rings. The van der Waals surface area contributed by atoms with Crippen molar-refractivity contribution in [1.29, 1.82) is 0 Å². The summed E-state index contributed by atoms with van der Waals surface area (Å²) in [5, 5.41) is 5.33. The highest BCUT2D eigenvalue weighted by Crippen LogP contribution is 2.18. The summed E-state index contributed by atoms with van der Waals surface area (Å²) in [6.07, 6.45) is 1.79. The summed E-state index contributed by atoms with van der Waals surface area (Å²) >= 11 is 1.72. The van der Waals surface area contributed by atoms with Gasteiger partial charge in [0.1, 0.15) is 12.9 Å². The van der Waals surface area contributed by atoms with Crippen LogP contribution in [0.5, 0.6) is 0 Å². The van der Waals surface area contributed by atoms with Crippen LogP contribution in [-0.4, -0.2) is 13.2 Å². The first-order chi connectivity index (χ1) is 5.47. The molecule has 1 N–H and O–H groups in total. The van der Waals surface area contributed by atoms with E-state index >= 15 is 0 Å². The fourth-order valence-corrected chi connectivity index (χ4v) is 1.71. The molecule has 1 aliphatic heterocycles. The zero-order valence-electron chi connectivity index (χ0n) is 6.04. The SMILES string of the molecule is C1=C(c2cccs2)NCCO1. The first-order valence-corrected chi connectivity index (χ1v) is 4.44. The molecule has 0 saturated carbocycles. The molecule has 0 spiro atoms. The fraction of sp³-hybridized carbons (Fsp3) is 0.250. The summed E-state index contributed by atoms with van der Waals surface area (Å²) in [6.45, 7) is 1.68. The quantitative estimate of drug-likeness (QED) is 0.687. The Morgan fingerprint density at radius 3 is 3.18 bits per heavy atom.